The van der Waals surface area contributed by atoms with E-state index in [2.05, 4.69) is 18.2 Å². The SMILES string of the molecule is COc1ccc(C2CC2C2=CC=C(C#N)CC2)c(Cl)c1. The van der Waals surface area contributed by atoms with Crippen LogP contribution in [0.1, 0.15) is 30.7 Å². The average Bonchev–Trinajstić information content (AvgIpc) is 3.27. The van der Waals surface area contributed by atoms with Gasteiger partial charge in [-0.15, -0.1) is 0 Å². The van der Waals surface area contributed by atoms with E-state index in [0.29, 0.717) is 11.8 Å². The Labute approximate surface area is 124 Å². The maximum Gasteiger partial charge on any atom is 0.120 e. The van der Waals surface area contributed by atoms with Crippen molar-refractivity contribution < 1.29 is 4.74 Å². The van der Waals surface area contributed by atoms with Gasteiger partial charge in [-0.1, -0.05) is 29.3 Å². The summed E-state index contributed by atoms with van der Waals surface area (Å²) in [6.07, 6.45) is 7.14. The van der Waals surface area contributed by atoms with Crippen LogP contribution in [0.2, 0.25) is 5.02 Å². The normalized spacial score (nSPS) is 24.4. The molecule has 3 heteroatoms. The standard InChI is InChI=1S/C17H16ClNO/c1-20-13-6-7-14(17(18)8-13)16-9-15(16)12-4-2-11(10-19)3-5-12/h2,4,6-8,15-16H,3,5,9H2,1H3. The molecule has 3 rings (SSSR count). The molecule has 1 aromatic carbocycles. The molecular formula is C17H16ClNO. The summed E-state index contributed by atoms with van der Waals surface area (Å²) >= 11 is 6.34. The average molecular weight is 286 g/mol. The fourth-order valence-corrected chi connectivity index (χ4v) is 3.25. The van der Waals surface area contributed by atoms with Crippen LogP contribution in [0.5, 0.6) is 5.75 Å². The summed E-state index contributed by atoms with van der Waals surface area (Å²) in [6.45, 7) is 0. The molecule has 0 N–H and O–H groups in total. The molecule has 0 radical (unpaired) electrons. The van der Waals surface area contributed by atoms with Crippen LogP contribution in [0.3, 0.4) is 0 Å². The number of benzene rings is 1. The topological polar surface area (TPSA) is 33.0 Å². The van der Waals surface area contributed by atoms with Crippen molar-refractivity contribution >= 4 is 11.6 Å². The number of methoxy groups -OCH3 is 1. The monoisotopic (exact) mass is 285 g/mol. The van der Waals surface area contributed by atoms with Gasteiger partial charge < -0.3 is 4.74 Å². The van der Waals surface area contributed by atoms with Crippen molar-refractivity contribution in [2.75, 3.05) is 7.11 Å². The number of nitriles is 1. The highest BCUT2D eigenvalue weighted by Gasteiger charge is 2.41. The minimum atomic E-state index is 0.525. The molecule has 0 saturated heterocycles. The Morgan fingerprint density at radius 1 is 1.25 bits per heavy atom. The lowest BCUT2D eigenvalue weighted by Crippen LogP contribution is -1.96. The Bertz CT molecular complexity index is 639. The van der Waals surface area contributed by atoms with E-state index in [-0.39, 0.29) is 0 Å². The Morgan fingerprint density at radius 3 is 2.70 bits per heavy atom. The molecule has 102 valence electrons. The first-order valence-corrected chi connectivity index (χ1v) is 7.24. The summed E-state index contributed by atoms with van der Waals surface area (Å²) in [4.78, 5) is 0. The zero-order valence-electron chi connectivity index (χ0n) is 11.4. The van der Waals surface area contributed by atoms with Gasteiger partial charge in [0, 0.05) is 10.6 Å². The smallest absolute Gasteiger partial charge is 0.120 e. The second-order valence-electron chi connectivity index (χ2n) is 5.38. The van der Waals surface area contributed by atoms with Crippen molar-refractivity contribution in [1.29, 1.82) is 5.26 Å². The van der Waals surface area contributed by atoms with E-state index >= 15 is 0 Å². The van der Waals surface area contributed by atoms with Gasteiger partial charge in [0.1, 0.15) is 5.75 Å². The molecule has 0 amide bonds. The summed E-state index contributed by atoms with van der Waals surface area (Å²) in [7, 11) is 1.65. The highest BCUT2D eigenvalue weighted by molar-refractivity contribution is 6.31. The van der Waals surface area contributed by atoms with E-state index in [0.717, 1.165) is 35.6 Å². The van der Waals surface area contributed by atoms with E-state index in [1.54, 1.807) is 7.11 Å². The van der Waals surface area contributed by atoms with Gasteiger partial charge in [-0.05, 0) is 54.9 Å². The minimum absolute atomic E-state index is 0.525. The number of rotatable bonds is 3. The summed E-state index contributed by atoms with van der Waals surface area (Å²) in [5, 5.41) is 9.66. The predicted molar refractivity (Wildman–Crippen MR) is 79.9 cm³/mol. The van der Waals surface area contributed by atoms with Crippen LogP contribution in [-0.4, -0.2) is 7.11 Å². The first kappa shape index (κ1) is 13.3. The molecule has 0 aromatic heterocycles. The number of hydrogen-bond acceptors (Lipinski definition) is 2. The molecule has 20 heavy (non-hydrogen) atoms. The summed E-state index contributed by atoms with van der Waals surface area (Å²) < 4.78 is 5.18. The van der Waals surface area contributed by atoms with Crippen LogP contribution < -0.4 is 4.74 Å². The third kappa shape index (κ3) is 2.46. The second-order valence-corrected chi connectivity index (χ2v) is 5.79. The van der Waals surface area contributed by atoms with Gasteiger partial charge in [-0.3, -0.25) is 0 Å². The number of ether oxygens (including phenoxy) is 1. The zero-order valence-corrected chi connectivity index (χ0v) is 12.2. The number of nitrogens with zero attached hydrogens (tertiary/aromatic N) is 1. The van der Waals surface area contributed by atoms with Gasteiger partial charge in [0.2, 0.25) is 0 Å². The van der Waals surface area contributed by atoms with Gasteiger partial charge in [0.25, 0.3) is 0 Å². The maximum absolute atomic E-state index is 8.87. The molecular weight excluding hydrogens is 270 g/mol. The Balaban J connectivity index is 1.75. The van der Waals surface area contributed by atoms with E-state index < -0.39 is 0 Å². The zero-order chi connectivity index (χ0) is 14.1. The van der Waals surface area contributed by atoms with E-state index in [1.165, 1.54) is 11.1 Å². The highest BCUT2D eigenvalue weighted by Crippen LogP contribution is 2.55. The molecule has 0 heterocycles. The van der Waals surface area contributed by atoms with E-state index in [9.17, 15) is 0 Å². The van der Waals surface area contributed by atoms with Crippen molar-refractivity contribution in [2.45, 2.75) is 25.2 Å². The van der Waals surface area contributed by atoms with Crippen LogP contribution in [0, 0.1) is 17.2 Å². The molecule has 2 nitrogen and oxygen atoms in total. The third-order valence-electron chi connectivity index (χ3n) is 4.20. The largest absolute Gasteiger partial charge is 0.497 e. The molecule has 2 aliphatic rings. The third-order valence-corrected chi connectivity index (χ3v) is 4.53. The molecule has 2 aliphatic carbocycles. The molecule has 0 bridgehead atoms. The first-order valence-electron chi connectivity index (χ1n) is 6.86. The van der Waals surface area contributed by atoms with Crippen LogP contribution >= 0.6 is 11.6 Å². The van der Waals surface area contributed by atoms with Gasteiger partial charge in [-0.25, -0.2) is 0 Å². The fraction of sp³-hybridized carbons (Fsp3) is 0.353. The Morgan fingerprint density at radius 2 is 2.10 bits per heavy atom. The molecule has 1 aromatic rings. The Hall–Kier alpha value is -1.72. The minimum Gasteiger partial charge on any atom is -0.497 e. The molecule has 0 spiro atoms. The molecule has 0 aliphatic heterocycles. The number of allylic oxidation sites excluding steroid dienone is 4. The lowest BCUT2D eigenvalue weighted by molar-refractivity contribution is 0.414. The van der Waals surface area contributed by atoms with Crippen LogP contribution in [0.4, 0.5) is 0 Å². The summed E-state index contributed by atoms with van der Waals surface area (Å²) in [6, 6.07) is 8.16. The van der Waals surface area contributed by atoms with Gasteiger partial charge in [0.05, 0.1) is 13.2 Å². The Kier molecular flexibility index (Phi) is 3.54. The highest BCUT2D eigenvalue weighted by atomic mass is 35.5. The van der Waals surface area contributed by atoms with Crippen molar-refractivity contribution in [1.82, 2.24) is 0 Å². The summed E-state index contributed by atoms with van der Waals surface area (Å²) in [5.41, 5.74) is 3.56. The lowest BCUT2D eigenvalue weighted by atomic mass is 9.94. The van der Waals surface area contributed by atoms with Crippen LogP contribution in [0.25, 0.3) is 0 Å². The van der Waals surface area contributed by atoms with E-state index in [4.69, 9.17) is 21.6 Å². The van der Waals surface area contributed by atoms with Crippen molar-refractivity contribution in [3.63, 3.8) is 0 Å². The fourth-order valence-electron chi connectivity index (χ4n) is 2.94. The summed E-state index contributed by atoms with van der Waals surface area (Å²) in [5.74, 6) is 1.92. The van der Waals surface area contributed by atoms with Crippen LogP contribution in [0.15, 0.2) is 41.5 Å². The van der Waals surface area contributed by atoms with Crippen molar-refractivity contribution in [2.24, 2.45) is 5.92 Å². The molecule has 1 saturated carbocycles. The van der Waals surface area contributed by atoms with Gasteiger partial charge in [-0.2, -0.15) is 5.26 Å². The molecule has 2 atom stereocenters. The van der Waals surface area contributed by atoms with Gasteiger partial charge in [0.15, 0.2) is 0 Å². The van der Waals surface area contributed by atoms with Crippen molar-refractivity contribution in [3.8, 4) is 11.8 Å². The van der Waals surface area contributed by atoms with Crippen molar-refractivity contribution in [3.05, 3.63) is 52.1 Å². The molecule has 2 unspecified atom stereocenters. The van der Waals surface area contributed by atoms with E-state index in [1.807, 2.05) is 18.2 Å². The maximum atomic E-state index is 8.87. The van der Waals surface area contributed by atoms with Crippen LogP contribution in [-0.2, 0) is 0 Å². The second kappa shape index (κ2) is 5.34. The lowest BCUT2D eigenvalue weighted by Gasteiger charge is -2.11. The van der Waals surface area contributed by atoms with Gasteiger partial charge >= 0.3 is 0 Å². The molecule has 1 fully saturated rings. The number of halogens is 1. The first-order chi connectivity index (χ1) is 9.72. The predicted octanol–water partition coefficient (Wildman–Crippen LogP) is 4.62. The number of hydrogen-bond donors (Lipinski definition) is 0. The quantitative estimate of drug-likeness (QED) is 0.811.